The molecular formula is C15H11N3O3S. The van der Waals surface area contributed by atoms with Crippen LogP contribution in [-0.4, -0.2) is 21.8 Å². The van der Waals surface area contributed by atoms with Crippen LogP contribution in [0.4, 0.5) is 5.13 Å². The van der Waals surface area contributed by atoms with Crippen molar-refractivity contribution >= 4 is 28.2 Å². The van der Waals surface area contributed by atoms with Gasteiger partial charge in [-0.1, -0.05) is 46.8 Å². The molecule has 0 fully saturated rings. The first-order valence-electron chi connectivity index (χ1n) is 6.44. The molecule has 0 aliphatic heterocycles. The molecule has 3 rings (SSSR count). The quantitative estimate of drug-likeness (QED) is 0.747. The van der Waals surface area contributed by atoms with Crippen LogP contribution in [0.25, 0.3) is 11.3 Å². The molecule has 1 N–H and O–H groups in total. The number of benzene rings is 1. The second kappa shape index (κ2) is 5.90. The number of nitrogens with zero attached hydrogens (tertiary/aromatic N) is 2. The molecule has 7 heteroatoms. The molecule has 0 radical (unpaired) electrons. The number of ketones is 1. The number of amides is 1. The van der Waals surface area contributed by atoms with Crippen LogP contribution in [-0.2, 0) is 0 Å². The van der Waals surface area contributed by atoms with Crippen LogP contribution >= 0.6 is 11.3 Å². The number of carbonyl (C=O) groups excluding carboxylic acids is 2. The van der Waals surface area contributed by atoms with Crippen molar-refractivity contribution in [3.8, 4) is 11.3 Å². The van der Waals surface area contributed by atoms with Gasteiger partial charge in [0, 0.05) is 18.6 Å². The fraction of sp³-hybridized carbons (Fsp3) is 0.0667. The average molecular weight is 313 g/mol. The van der Waals surface area contributed by atoms with Gasteiger partial charge in [-0.15, -0.1) is 0 Å². The first kappa shape index (κ1) is 14.2. The molecule has 0 aliphatic rings. The maximum Gasteiger partial charge on any atom is 0.296 e. The summed E-state index contributed by atoms with van der Waals surface area (Å²) in [7, 11) is 0. The van der Waals surface area contributed by atoms with Crippen LogP contribution in [0, 0.1) is 0 Å². The zero-order valence-corrected chi connectivity index (χ0v) is 12.4. The molecule has 0 bridgehead atoms. The van der Waals surface area contributed by atoms with Gasteiger partial charge in [0.15, 0.2) is 10.9 Å². The van der Waals surface area contributed by atoms with Gasteiger partial charge in [-0.3, -0.25) is 14.9 Å². The fourth-order valence-electron chi connectivity index (χ4n) is 1.90. The summed E-state index contributed by atoms with van der Waals surface area (Å²) in [6.07, 6.45) is 1.38. The Kier molecular flexibility index (Phi) is 3.80. The molecule has 0 aliphatic carbocycles. The minimum absolute atomic E-state index is 0.0841. The molecule has 0 atom stereocenters. The van der Waals surface area contributed by atoms with Gasteiger partial charge < -0.3 is 4.52 Å². The SMILES string of the molecule is CC(=O)c1sc(NC(=O)c2ccno2)nc1-c1ccccc1. The maximum atomic E-state index is 11.9. The second-order valence-electron chi connectivity index (χ2n) is 4.45. The number of rotatable bonds is 4. The lowest BCUT2D eigenvalue weighted by Gasteiger charge is -1.98. The minimum Gasteiger partial charge on any atom is -0.351 e. The highest BCUT2D eigenvalue weighted by atomic mass is 32.1. The Hall–Kier alpha value is -2.80. The molecule has 0 spiro atoms. The summed E-state index contributed by atoms with van der Waals surface area (Å²) in [5.41, 5.74) is 1.38. The summed E-state index contributed by atoms with van der Waals surface area (Å²) in [4.78, 5) is 28.6. The van der Waals surface area contributed by atoms with E-state index in [1.165, 1.54) is 19.2 Å². The highest BCUT2D eigenvalue weighted by molar-refractivity contribution is 7.18. The lowest BCUT2D eigenvalue weighted by Crippen LogP contribution is -2.10. The molecule has 22 heavy (non-hydrogen) atoms. The Balaban J connectivity index is 1.94. The summed E-state index contributed by atoms with van der Waals surface area (Å²) in [5.74, 6) is -0.474. The smallest absolute Gasteiger partial charge is 0.296 e. The van der Waals surface area contributed by atoms with Gasteiger partial charge in [-0.25, -0.2) is 4.98 Å². The molecule has 6 nitrogen and oxygen atoms in total. The Labute approximate surface area is 129 Å². The van der Waals surface area contributed by atoms with Crippen LogP contribution in [0.5, 0.6) is 0 Å². The number of nitrogens with one attached hydrogen (secondary N) is 1. The molecule has 3 aromatic rings. The van der Waals surface area contributed by atoms with Gasteiger partial charge in [-0.05, 0) is 0 Å². The van der Waals surface area contributed by atoms with Gasteiger partial charge in [0.2, 0.25) is 5.76 Å². The number of Topliss-reactive ketones (excluding diaryl/α,β-unsaturated/α-hetero) is 1. The highest BCUT2D eigenvalue weighted by Gasteiger charge is 2.19. The number of aromatic nitrogens is 2. The molecular weight excluding hydrogens is 302 g/mol. The summed E-state index contributed by atoms with van der Waals surface area (Å²) in [5, 5.41) is 6.43. The van der Waals surface area contributed by atoms with Gasteiger partial charge >= 0.3 is 0 Å². The van der Waals surface area contributed by atoms with Crippen molar-refractivity contribution in [2.45, 2.75) is 6.92 Å². The topological polar surface area (TPSA) is 85.1 Å². The monoisotopic (exact) mass is 313 g/mol. The van der Waals surface area contributed by atoms with Gasteiger partial charge in [0.1, 0.15) is 0 Å². The fourth-order valence-corrected chi connectivity index (χ4v) is 2.77. The van der Waals surface area contributed by atoms with Crippen molar-refractivity contribution in [2.24, 2.45) is 0 Å². The van der Waals surface area contributed by atoms with E-state index in [9.17, 15) is 9.59 Å². The van der Waals surface area contributed by atoms with E-state index in [4.69, 9.17) is 4.52 Å². The predicted octanol–water partition coefficient (Wildman–Crippen LogP) is 3.25. The molecule has 0 saturated carbocycles. The lowest BCUT2D eigenvalue weighted by molar-refractivity contribution is 0.0986. The number of thiazole rings is 1. The first-order valence-corrected chi connectivity index (χ1v) is 7.26. The molecule has 2 heterocycles. The Morgan fingerprint density at radius 2 is 1.95 bits per heavy atom. The van der Waals surface area contributed by atoms with E-state index in [1.807, 2.05) is 30.3 Å². The summed E-state index contributed by atoms with van der Waals surface area (Å²) in [6, 6.07) is 10.8. The third-order valence-corrected chi connectivity index (χ3v) is 3.95. The Morgan fingerprint density at radius 1 is 1.18 bits per heavy atom. The molecule has 0 saturated heterocycles. The lowest BCUT2D eigenvalue weighted by atomic mass is 10.1. The average Bonchev–Trinajstić information content (AvgIpc) is 3.17. The van der Waals surface area contributed by atoms with Gasteiger partial charge in [0.25, 0.3) is 5.91 Å². The van der Waals surface area contributed by atoms with Crippen molar-refractivity contribution < 1.29 is 14.1 Å². The molecule has 0 unspecified atom stereocenters. The van der Waals surface area contributed by atoms with E-state index in [0.717, 1.165) is 16.9 Å². The summed E-state index contributed by atoms with van der Waals surface area (Å²) < 4.78 is 4.78. The van der Waals surface area contributed by atoms with Crippen molar-refractivity contribution in [3.05, 3.63) is 53.2 Å². The summed E-state index contributed by atoms with van der Waals surface area (Å²) >= 11 is 1.13. The van der Waals surface area contributed by atoms with Crippen molar-refractivity contribution in [1.29, 1.82) is 0 Å². The molecule has 1 amide bonds. The molecule has 110 valence electrons. The van der Waals surface area contributed by atoms with Crippen LogP contribution in [0.1, 0.15) is 27.2 Å². The third-order valence-electron chi connectivity index (χ3n) is 2.88. The number of hydrogen-bond donors (Lipinski definition) is 1. The Bertz CT molecular complexity index is 810. The zero-order valence-electron chi connectivity index (χ0n) is 11.6. The van der Waals surface area contributed by atoms with E-state index in [2.05, 4.69) is 15.5 Å². The van der Waals surface area contributed by atoms with E-state index in [0.29, 0.717) is 15.7 Å². The van der Waals surface area contributed by atoms with E-state index in [-0.39, 0.29) is 11.5 Å². The minimum atomic E-state index is -0.457. The zero-order chi connectivity index (χ0) is 15.5. The number of anilines is 1. The second-order valence-corrected chi connectivity index (χ2v) is 5.45. The molecule has 2 aromatic heterocycles. The van der Waals surface area contributed by atoms with Gasteiger partial charge in [0.05, 0.1) is 16.8 Å². The van der Waals surface area contributed by atoms with Crippen LogP contribution in [0.3, 0.4) is 0 Å². The van der Waals surface area contributed by atoms with Crippen molar-refractivity contribution in [1.82, 2.24) is 10.1 Å². The number of carbonyl (C=O) groups is 2. The van der Waals surface area contributed by atoms with Crippen molar-refractivity contribution in [3.63, 3.8) is 0 Å². The molecule has 1 aromatic carbocycles. The predicted molar refractivity (Wildman–Crippen MR) is 82.0 cm³/mol. The van der Waals surface area contributed by atoms with Crippen molar-refractivity contribution in [2.75, 3.05) is 5.32 Å². The third kappa shape index (κ3) is 2.79. The van der Waals surface area contributed by atoms with Crippen LogP contribution in [0.2, 0.25) is 0 Å². The highest BCUT2D eigenvalue weighted by Crippen LogP contribution is 2.31. The van der Waals surface area contributed by atoms with Crippen LogP contribution in [0.15, 0.2) is 47.1 Å². The van der Waals surface area contributed by atoms with E-state index < -0.39 is 5.91 Å². The maximum absolute atomic E-state index is 11.9. The standard InChI is InChI=1S/C15H11N3O3S/c1-9(19)13-12(10-5-3-2-4-6-10)17-15(22-13)18-14(20)11-7-8-16-21-11/h2-8H,1H3,(H,17,18,20). The summed E-state index contributed by atoms with van der Waals surface area (Å²) in [6.45, 7) is 1.47. The number of hydrogen-bond acceptors (Lipinski definition) is 6. The van der Waals surface area contributed by atoms with Crippen LogP contribution < -0.4 is 5.32 Å². The Morgan fingerprint density at radius 3 is 2.59 bits per heavy atom. The normalized spacial score (nSPS) is 10.4. The van der Waals surface area contributed by atoms with Gasteiger partial charge in [-0.2, -0.15) is 0 Å². The largest absolute Gasteiger partial charge is 0.351 e. The first-order chi connectivity index (χ1) is 10.6. The van der Waals surface area contributed by atoms with E-state index in [1.54, 1.807) is 0 Å². The van der Waals surface area contributed by atoms with E-state index >= 15 is 0 Å².